The number of rotatable bonds is 11. The van der Waals surface area contributed by atoms with Crippen LogP contribution in [0.1, 0.15) is 91.2 Å². The number of hydrogen-bond donors (Lipinski definition) is 3. The summed E-state index contributed by atoms with van der Waals surface area (Å²) in [7, 11) is 0. The predicted molar refractivity (Wildman–Crippen MR) is 213 cm³/mol. The first-order chi connectivity index (χ1) is 29.2. The van der Waals surface area contributed by atoms with Gasteiger partial charge in [0.2, 0.25) is 29.4 Å². The summed E-state index contributed by atoms with van der Waals surface area (Å²) in [6, 6.07) is 7.39. The summed E-state index contributed by atoms with van der Waals surface area (Å²) in [5.74, 6) is -1.12. The number of nitrogens with zero attached hydrogens (tertiary/aromatic N) is 9. The number of unbranched alkanes of at least 4 members (excludes halogenated alkanes) is 1. The number of piperidine rings is 1. The van der Waals surface area contributed by atoms with Gasteiger partial charge in [0.05, 0.1) is 35.7 Å². The minimum atomic E-state index is -0.736. The Balaban J connectivity index is 0.719. The van der Waals surface area contributed by atoms with Crippen molar-refractivity contribution in [1.29, 1.82) is 0 Å². The molecule has 4 aromatic heterocycles. The third-order valence-corrected chi connectivity index (χ3v) is 11.8. The van der Waals surface area contributed by atoms with E-state index in [1.807, 2.05) is 23.1 Å². The van der Waals surface area contributed by atoms with E-state index >= 15 is 4.39 Å². The number of piperazine rings is 1. The van der Waals surface area contributed by atoms with Gasteiger partial charge in [-0.3, -0.25) is 24.5 Å². The minimum absolute atomic E-state index is 0.0196. The van der Waals surface area contributed by atoms with E-state index in [-0.39, 0.29) is 47.3 Å². The molecule has 3 aliphatic heterocycles. The maximum atomic E-state index is 15.2. The van der Waals surface area contributed by atoms with E-state index in [1.165, 1.54) is 11.1 Å². The van der Waals surface area contributed by atoms with Gasteiger partial charge < -0.3 is 29.9 Å². The van der Waals surface area contributed by atoms with Crippen LogP contribution in [0.3, 0.4) is 0 Å². The number of urea groups is 1. The zero-order valence-corrected chi connectivity index (χ0v) is 32.7. The third kappa shape index (κ3) is 7.85. The number of fused-ring (bicyclic) bond motifs is 2. The molecule has 3 fully saturated rings. The van der Waals surface area contributed by atoms with Crippen molar-refractivity contribution in [2.45, 2.75) is 82.7 Å². The van der Waals surface area contributed by atoms with Gasteiger partial charge in [-0.2, -0.15) is 10.1 Å². The van der Waals surface area contributed by atoms with Gasteiger partial charge in [-0.15, -0.1) is 0 Å². The molecule has 1 atom stereocenters. The zero-order valence-electron chi connectivity index (χ0n) is 32.7. The van der Waals surface area contributed by atoms with Crippen LogP contribution < -0.4 is 20.9 Å². The maximum absolute atomic E-state index is 15.2. The van der Waals surface area contributed by atoms with Crippen LogP contribution in [0.5, 0.6) is 0 Å². The summed E-state index contributed by atoms with van der Waals surface area (Å²) < 4.78 is 22.3. The quantitative estimate of drug-likeness (QED) is 0.125. The number of imide groups is 1. The lowest BCUT2D eigenvalue weighted by molar-refractivity contribution is -0.137. The van der Waals surface area contributed by atoms with E-state index in [9.17, 15) is 24.0 Å². The molecule has 1 aromatic carbocycles. The summed E-state index contributed by atoms with van der Waals surface area (Å²) in [6.07, 6.45) is 11.3. The number of amides is 6. The fourth-order valence-electron chi connectivity index (χ4n) is 8.67. The summed E-state index contributed by atoms with van der Waals surface area (Å²) >= 11 is 0. The van der Waals surface area contributed by atoms with Gasteiger partial charge in [-0.05, 0) is 55.9 Å². The molecule has 1 unspecified atom stereocenters. The second kappa shape index (κ2) is 16.5. The average molecular weight is 819 g/mol. The van der Waals surface area contributed by atoms with Crippen LogP contribution in [-0.4, -0.2) is 101 Å². The largest absolute Gasteiger partial charge is 0.368 e. The van der Waals surface area contributed by atoms with Gasteiger partial charge in [0.15, 0.2) is 11.5 Å². The normalized spacial score (nSPS) is 18.3. The van der Waals surface area contributed by atoms with Crippen LogP contribution in [0.4, 0.5) is 26.2 Å². The fourth-order valence-corrected chi connectivity index (χ4v) is 8.67. The second-order valence-electron chi connectivity index (χ2n) is 15.6. The molecule has 3 N–H and O–H groups in total. The highest BCUT2D eigenvalue weighted by Gasteiger charge is 2.39. The van der Waals surface area contributed by atoms with Crippen LogP contribution in [0.25, 0.3) is 17.2 Å². The number of aryl methyl sites for hydroxylation is 1. The Kier molecular flexibility index (Phi) is 10.6. The van der Waals surface area contributed by atoms with Crippen molar-refractivity contribution in [2.75, 3.05) is 41.7 Å². The Hall–Kier alpha value is -6.79. The molecule has 9 rings (SSSR count). The molecular formula is C41H43FN12O6. The first-order valence-corrected chi connectivity index (χ1v) is 20.4. The predicted octanol–water partition coefficient (Wildman–Crippen LogP) is 4.44. The SMILES string of the molecule is O=C1CCC(N2Cc3cc(N4CCN(C(=O)CCCCc5nc(-c6ncc(NC(=O)Nc7cnc8ccnn8c7C7CCCC7)cc6F)no5)CC4)ccc3C2=O)C(=O)N1. The van der Waals surface area contributed by atoms with Crippen molar-refractivity contribution in [3.63, 3.8) is 0 Å². The summed E-state index contributed by atoms with van der Waals surface area (Å²) in [4.78, 5) is 81.6. The van der Waals surface area contributed by atoms with E-state index < -0.39 is 23.8 Å². The molecule has 0 radical (unpaired) electrons. The van der Waals surface area contributed by atoms with Gasteiger partial charge in [0.25, 0.3) is 5.91 Å². The lowest BCUT2D eigenvalue weighted by Crippen LogP contribution is -2.52. The molecule has 1 saturated carbocycles. The van der Waals surface area contributed by atoms with E-state index in [0.29, 0.717) is 87.6 Å². The number of aromatic nitrogens is 6. The topological polar surface area (TPSA) is 213 Å². The summed E-state index contributed by atoms with van der Waals surface area (Å²) in [6.45, 7) is 2.70. The minimum Gasteiger partial charge on any atom is -0.368 e. The Bertz CT molecular complexity index is 2490. The van der Waals surface area contributed by atoms with E-state index in [1.54, 1.807) is 23.0 Å². The van der Waals surface area contributed by atoms with Gasteiger partial charge >= 0.3 is 6.03 Å². The summed E-state index contributed by atoms with van der Waals surface area (Å²) in [5, 5.41) is 16.1. The number of anilines is 3. The monoisotopic (exact) mass is 818 g/mol. The van der Waals surface area contributed by atoms with Crippen molar-refractivity contribution in [3.05, 3.63) is 77.5 Å². The number of carbonyl (C=O) groups is 5. The molecule has 4 aliphatic rings. The first kappa shape index (κ1) is 38.7. The Morgan fingerprint density at radius 2 is 1.78 bits per heavy atom. The Morgan fingerprint density at radius 3 is 2.58 bits per heavy atom. The number of pyridine rings is 1. The number of carbonyl (C=O) groups excluding carboxylic acids is 5. The van der Waals surface area contributed by atoms with Crippen molar-refractivity contribution in [3.8, 4) is 11.5 Å². The Morgan fingerprint density at radius 1 is 0.950 bits per heavy atom. The molecule has 7 heterocycles. The smallest absolute Gasteiger partial charge is 0.323 e. The molecule has 60 heavy (non-hydrogen) atoms. The highest BCUT2D eigenvalue weighted by atomic mass is 19.1. The molecule has 0 bridgehead atoms. The van der Waals surface area contributed by atoms with Gasteiger partial charge in [-0.25, -0.2) is 23.7 Å². The standard InChI is InChI=1S/C41H43FN12O6/c42-29-20-26(46-41(59)47-30-22-43-32-13-14-45-54(32)37(30)24-5-1-2-6-24)21-44-36(29)38-49-34(60-50-38)7-3-4-8-35(56)52-17-15-51(16-18-52)27-9-10-28-25(19-27)23-53(40(28)58)31-11-12-33(55)48-39(31)57/h9-10,13-14,19-22,24,31H,1-8,11-12,15-18,23H2,(H2,46,47,59)(H,48,55,57). The van der Waals surface area contributed by atoms with E-state index in [2.05, 4.69) is 46.1 Å². The molecule has 6 amide bonds. The third-order valence-electron chi connectivity index (χ3n) is 11.8. The number of halogens is 1. The molecule has 5 aromatic rings. The molecule has 18 nitrogen and oxygen atoms in total. The second-order valence-corrected chi connectivity index (χ2v) is 15.6. The van der Waals surface area contributed by atoms with Crippen molar-refractivity contribution in [2.24, 2.45) is 0 Å². The zero-order chi connectivity index (χ0) is 41.3. The fraction of sp³-hybridized carbons (Fsp3) is 0.415. The van der Waals surface area contributed by atoms with Crippen molar-refractivity contribution < 1.29 is 32.9 Å². The molecule has 2 saturated heterocycles. The van der Waals surface area contributed by atoms with Crippen LogP contribution in [-0.2, 0) is 27.3 Å². The van der Waals surface area contributed by atoms with Crippen LogP contribution in [0, 0.1) is 5.82 Å². The van der Waals surface area contributed by atoms with Gasteiger partial charge in [0.1, 0.15) is 11.7 Å². The maximum Gasteiger partial charge on any atom is 0.323 e. The lowest BCUT2D eigenvalue weighted by Gasteiger charge is -2.36. The number of hydrogen-bond acceptors (Lipinski definition) is 12. The van der Waals surface area contributed by atoms with Crippen molar-refractivity contribution in [1.82, 2.24) is 44.8 Å². The number of nitrogens with one attached hydrogen (secondary N) is 3. The summed E-state index contributed by atoms with van der Waals surface area (Å²) in [5.41, 5.74) is 4.51. The van der Waals surface area contributed by atoms with Gasteiger partial charge in [0, 0.05) is 81.3 Å². The van der Waals surface area contributed by atoms with E-state index in [4.69, 9.17) is 4.52 Å². The number of benzene rings is 1. The molecule has 310 valence electrons. The first-order valence-electron chi connectivity index (χ1n) is 20.4. The Labute approximate surface area is 342 Å². The van der Waals surface area contributed by atoms with Crippen LogP contribution in [0.2, 0.25) is 0 Å². The molecular weight excluding hydrogens is 776 g/mol. The lowest BCUT2D eigenvalue weighted by atomic mass is 10.0. The van der Waals surface area contributed by atoms with Crippen molar-refractivity contribution >= 4 is 52.4 Å². The highest BCUT2D eigenvalue weighted by Crippen LogP contribution is 2.38. The molecule has 0 spiro atoms. The molecule has 1 aliphatic carbocycles. The van der Waals surface area contributed by atoms with E-state index in [0.717, 1.165) is 48.7 Å². The van der Waals surface area contributed by atoms with Crippen LogP contribution >= 0.6 is 0 Å². The van der Waals surface area contributed by atoms with Gasteiger partial charge in [-0.1, -0.05) is 18.0 Å². The molecule has 19 heteroatoms. The van der Waals surface area contributed by atoms with Crippen LogP contribution in [0.15, 0.2) is 53.4 Å². The highest BCUT2D eigenvalue weighted by molar-refractivity contribution is 6.05. The average Bonchev–Trinajstić information content (AvgIpc) is 4.08.